The van der Waals surface area contributed by atoms with Crippen LogP contribution in [0, 0.1) is 0 Å². The van der Waals surface area contributed by atoms with Gasteiger partial charge in [-0.15, -0.1) is 0 Å². The van der Waals surface area contributed by atoms with Crippen LogP contribution in [-0.2, 0) is 0 Å². The van der Waals surface area contributed by atoms with Crippen molar-refractivity contribution in [1.29, 1.82) is 0 Å². The molecule has 0 spiro atoms. The largest absolute Gasteiger partial charge is 0.484 e. The van der Waals surface area contributed by atoms with E-state index in [-0.39, 0.29) is 16.1 Å². The normalized spacial score (nSPS) is 12.4. The van der Waals surface area contributed by atoms with Crippen molar-refractivity contribution in [3.63, 3.8) is 0 Å². The number of alkyl halides is 5. The van der Waals surface area contributed by atoms with E-state index >= 15 is 0 Å². The van der Waals surface area contributed by atoms with Gasteiger partial charge in [-0.05, 0) is 15.9 Å². The standard InChI is InChI=1S/C9H7BrF5NO2/c1-17-7-2-5(10)6(3-16-7)18-4-8(11,12)9(13,14)15/h2-3H,4H2,1H3. The fraction of sp³-hybridized carbons (Fsp3) is 0.444. The van der Waals surface area contributed by atoms with Crippen molar-refractivity contribution < 1.29 is 31.4 Å². The SMILES string of the molecule is COc1cc(Br)c(OCC(F)(F)C(F)(F)F)cn1. The van der Waals surface area contributed by atoms with E-state index in [0.29, 0.717) is 0 Å². The average Bonchev–Trinajstić information content (AvgIpc) is 2.25. The maximum atomic E-state index is 12.6. The van der Waals surface area contributed by atoms with Crippen molar-refractivity contribution in [3.05, 3.63) is 16.7 Å². The van der Waals surface area contributed by atoms with Crippen molar-refractivity contribution in [2.75, 3.05) is 13.7 Å². The Morgan fingerprint density at radius 2 is 1.89 bits per heavy atom. The van der Waals surface area contributed by atoms with Crippen molar-refractivity contribution in [2.24, 2.45) is 0 Å². The number of methoxy groups -OCH3 is 1. The highest BCUT2D eigenvalue weighted by Gasteiger charge is 2.58. The summed E-state index contributed by atoms with van der Waals surface area (Å²) in [5.41, 5.74) is 0. The van der Waals surface area contributed by atoms with E-state index in [1.54, 1.807) is 0 Å². The number of rotatable bonds is 4. The topological polar surface area (TPSA) is 31.4 Å². The van der Waals surface area contributed by atoms with Gasteiger partial charge in [-0.3, -0.25) is 0 Å². The summed E-state index contributed by atoms with van der Waals surface area (Å²) in [4.78, 5) is 3.62. The molecule has 0 N–H and O–H groups in total. The molecule has 0 aromatic carbocycles. The Labute approximate surface area is 107 Å². The van der Waals surface area contributed by atoms with Crippen LogP contribution in [0.25, 0.3) is 0 Å². The summed E-state index contributed by atoms with van der Waals surface area (Å²) >= 11 is 2.93. The highest BCUT2D eigenvalue weighted by Crippen LogP contribution is 2.36. The third kappa shape index (κ3) is 3.44. The van der Waals surface area contributed by atoms with Crippen LogP contribution in [-0.4, -0.2) is 30.8 Å². The molecular formula is C9H7BrF5NO2. The molecule has 0 aliphatic rings. The minimum Gasteiger partial charge on any atom is -0.484 e. The van der Waals surface area contributed by atoms with Crippen molar-refractivity contribution in [3.8, 4) is 11.6 Å². The molecule has 1 rings (SSSR count). The Morgan fingerprint density at radius 3 is 2.33 bits per heavy atom. The van der Waals surface area contributed by atoms with Crippen LogP contribution >= 0.6 is 15.9 Å². The van der Waals surface area contributed by atoms with Crippen LogP contribution in [0.5, 0.6) is 11.6 Å². The molecule has 0 unspecified atom stereocenters. The van der Waals surface area contributed by atoms with Gasteiger partial charge in [0.25, 0.3) is 0 Å². The lowest BCUT2D eigenvalue weighted by Crippen LogP contribution is -2.41. The zero-order chi connectivity index (χ0) is 14.0. The Morgan fingerprint density at radius 1 is 1.28 bits per heavy atom. The fourth-order valence-corrected chi connectivity index (χ4v) is 1.28. The predicted molar refractivity (Wildman–Crippen MR) is 55.0 cm³/mol. The van der Waals surface area contributed by atoms with E-state index in [1.165, 1.54) is 13.2 Å². The van der Waals surface area contributed by atoms with E-state index in [1.807, 2.05) is 0 Å². The summed E-state index contributed by atoms with van der Waals surface area (Å²) in [5.74, 6) is -5.00. The van der Waals surface area contributed by atoms with Crippen LogP contribution in [0.1, 0.15) is 0 Å². The molecule has 1 aromatic heterocycles. The van der Waals surface area contributed by atoms with Gasteiger partial charge >= 0.3 is 12.1 Å². The molecule has 0 atom stereocenters. The van der Waals surface area contributed by atoms with E-state index in [0.717, 1.165) is 6.20 Å². The minimum absolute atomic E-state index is 0.160. The van der Waals surface area contributed by atoms with Gasteiger partial charge in [0.2, 0.25) is 5.88 Å². The first kappa shape index (κ1) is 14.9. The molecule has 0 amide bonds. The third-order valence-corrected chi connectivity index (χ3v) is 2.45. The summed E-state index contributed by atoms with van der Waals surface area (Å²) in [6, 6.07) is 1.28. The summed E-state index contributed by atoms with van der Waals surface area (Å²) in [5, 5.41) is 0. The lowest BCUT2D eigenvalue weighted by atomic mass is 10.3. The number of aromatic nitrogens is 1. The van der Waals surface area contributed by atoms with Crippen molar-refractivity contribution in [2.45, 2.75) is 12.1 Å². The Hall–Kier alpha value is -1.12. The summed E-state index contributed by atoms with van der Waals surface area (Å²) < 4.78 is 70.1. The van der Waals surface area contributed by atoms with Gasteiger partial charge in [-0.1, -0.05) is 0 Å². The lowest BCUT2D eigenvalue weighted by molar-refractivity contribution is -0.290. The lowest BCUT2D eigenvalue weighted by Gasteiger charge is -2.20. The number of ether oxygens (including phenoxy) is 2. The molecule has 18 heavy (non-hydrogen) atoms. The molecule has 9 heteroatoms. The number of nitrogens with zero attached hydrogens (tertiary/aromatic N) is 1. The molecule has 0 saturated heterocycles. The van der Waals surface area contributed by atoms with Gasteiger partial charge in [0, 0.05) is 6.07 Å². The molecular weight excluding hydrogens is 329 g/mol. The second kappa shape index (κ2) is 5.25. The first-order valence-corrected chi connectivity index (χ1v) is 5.23. The highest BCUT2D eigenvalue weighted by molar-refractivity contribution is 9.10. The second-order valence-corrected chi connectivity index (χ2v) is 4.00. The molecule has 0 aliphatic heterocycles. The predicted octanol–water partition coefficient (Wildman–Crippen LogP) is 3.43. The van der Waals surface area contributed by atoms with Gasteiger partial charge < -0.3 is 9.47 Å². The molecule has 0 saturated carbocycles. The van der Waals surface area contributed by atoms with Crippen LogP contribution in [0.3, 0.4) is 0 Å². The minimum atomic E-state index is -5.65. The molecule has 0 aliphatic carbocycles. The van der Waals surface area contributed by atoms with Crippen molar-refractivity contribution in [1.82, 2.24) is 4.98 Å². The molecule has 3 nitrogen and oxygen atoms in total. The number of halogens is 6. The molecule has 0 fully saturated rings. The van der Waals surface area contributed by atoms with E-state index < -0.39 is 18.7 Å². The highest BCUT2D eigenvalue weighted by atomic mass is 79.9. The van der Waals surface area contributed by atoms with Gasteiger partial charge in [-0.25, -0.2) is 4.98 Å². The zero-order valence-corrected chi connectivity index (χ0v) is 10.5. The van der Waals surface area contributed by atoms with Gasteiger partial charge in [0.05, 0.1) is 17.8 Å². The molecule has 0 radical (unpaired) electrons. The summed E-state index contributed by atoms with van der Waals surface area (Å²) in [6.07, 6.45) is -4.67. The smallest absolute Gasteiger partial charge is 0.456 e. The Balaban J connectivity index is 2.75. The average molecular weight is 336 g/mol. The molecule has 1 heterocycles. The van der Waals surface area contributed by atoms with Crippen LogP contribution in [0.4, 0.5) is 22.0 Å². The molecule has 0 bridgehead atoms. The first-order chi connectivity index (χ1) is 8.17. The second-order valence-electron chi connectivity index (χ2n) is 3.15. The van der Waals surface area contributed by atoms with Crippen molar-refractivity contribution >= 4 is 15.9 Å². The van der Waals surface area contributed by atoms with E-state index in [4.69, 9.17) is 4.74 Å². The van der Waals surface area contributed by atoms with Gasteiger partial charge in [-0.2, -0.15) is 22.0 Å². The monoisotopic (exact) mass is 335 g/mol. The Kier molecular flexibility index (Phi) is 4.36. The van der Waals surface area contributed by atoms with Gasteiger partial charge in [0.1, 0.15) is 0 Å². The summed E-state index contributed by atoms with van der Waals surface area (Å²) in [6.45, 7) is -1.82. The zero-order valence-electron chi connectivity index (χ0n) is 8.89. The number of hydrogen-bond donors (Lipinski definition) is 0. The van der Waals surface area contributed by atoms with E-state index in [9.17, 15) is 22.0 Å². The fourth-order valence-electron chi connectivity index (χ4n) is 0.869. The van der Waals surface area contributed by atoms with Crippen LogP contribution in [0.2, 0.25) is 0 Å². The first-order valence-electron chi connectivity index (χ1n) is 4.44. The quantitative estimate of drug-likeness (QED) is 0.790. The number of hydrogen-bond acceptors (Lipinski definition) is 3. The van der Waals surface area contributed by atoms with Crippen LogP contribution in [0.15, 0.2) is 16.7 Å². The Bertz CT molecular complexity index is 424. The van der Waals surface area contributed by atoms with Crippen LogP contribution < -0.4 is 9.47 Å². The van der Waals surface area contributed by atoms with Gasteiger partial charge in [0.15, 0.2) is 12.4 Å². The maximum absolute atomic E-state index is 12.6. The number of pyridine rings is 1. The molecule has 1 aromatic rings. The van der Waals surface area contributed by atoms with E-state index in [2.05, 4.69) is 25.7 Å². The third-order valence-electron chi connectivity index (χ3n) is 1.83. The maximum Gasteiger partial charge on any atom is 0.456 e. The molecule has 102 valence electrons. The summed E-state index contributed by atoms with van der Waals surface area (Å²) in [7, 11) is 1.33.